The molecule has 7 rings (SSSR count). The molecule has 3 aliphatic heterocycles. The third kappa shape index (κ3) is 5.32. The van der Waals surface area contributed by atoms with E-state index < -0.39 is 0 Å². The number of pyridine rings is 1. The van der Waals surface area contributed by atoms with Gasteiger partial charge < -0.3 is 23.5 Å². The van der Waals surface area contributed by atoms with Gasteiger partial charge in [0.2, 0.25) is 0 Å². The van der Waals surface area contributed by atoms with Gasteiger partial charge >= 0.3 is 5.97 Å². The van der Waals surface area contributed by atoms with Gasteiger partial charge in [0.05, 0.1) is 53.6 Å². The molecule has 42 heavy (non-hydrogen) atoms. The predicted molar refractivity (Wildman–Crippen MR) is 157 cm³/mol. The normalized spacial score (nSPS) is 20.8. The van der Waals surface area contributed by atoms with E-state index in [1.807, 2.05) is 30.3 Å². The average Bonchev–Trinajstić information content (AvgIpc) is 3.34. The fourth-order valence-electron chi connectivity index (χ4n) is 6.14. The van der Waals surface area contributed by atoms with Gasteiger partial charge in [-0.15, -0.1) is 0 Å². The Kier molecular flexibility index (Phi) is 7.48. The average molecular weight is 589 g/mol. The Morgan fingerprint density at radius 1 is 1.12 bits per heavy atom. The van der Waals surface area contributed by atoms with Crippen LogP contribution in [-0.2, 0) is 22.6 Å². The molecular weight excluding hydrogens is 556 g/mol. The highest BCUT2D eigenvalue weighted by Crippen LogP contribution is 2.44. The summed E-state index contributed by atoms with van der Waals surface area (Å²) < 4.78 is 25.5. The third-order valence-corrected chi connectivity index (χ3v) is 8.78. The van der Waals surface area contributed by atoms with E-state index in [2.05, 4.69) is 26.6 Å². The number of imidazole rings is 1. The summed E-state index contributed by atoms with van der Waals surface area (Å²) in [5.41, 5.74) is 4.35. The van der Waals surface area contributed by atoms with Gasteiger partial charge in [0.25, 0.3) is 0 Å². The van der Waals surface area contributed by atoms with Gasteiger partial charge in [-0.2, -0.15) is 0 Å². The Labute approximate surface area is 249 Å². The minimum absolute atomic E-state index is 0.173. The molecule has 0 bridgehead atoms. The van der Waals surface area contributed by atoms with Crippen molar-refractivity contribution in [1.82, 2.24) is 19.4 Å². The molecule has 3 aliphatic rings. The number of aromatic nitrogens is 3. The molecule has 2 aromatic carbocycles. The van der Waals surface area contributed by atoms with Crippen LogP contribution in [0.5, 0.6) is 11.5 Å². The topological polar surface area (TPSA) is 87.9 Å². The first kappa shape index (κ1) is 27.2. The Morgan fingerprint density at radius 3 is 2.71 bits per heavy atom. The van der Waals surface area contributed by atoms with Gasteiger partial charge in [-0.25, -0.2) is 9.78 Å². The zero-order valence-corrected chi connectivity index (χ0v) is 24.3. The highest BCUT2D eigenvalue weighted by Gasteiger charge is 2.31. The van der Waals surface area contributed by atoms with Crippen LogP contribution in [0.25, 0.3) is 11.0 Å². The van der Waals surface area contributed by atoms with Crippen LogP contribution in [0.15, 0.2) is 54.7 Å². The number of benzene rings is 2. The number of piperidine rings is 1. The van der Waals surface area contributed by atoms with Crippen LogP contribution in [0, 0.1) is 0 Å². The van der Waals surface area contributed by atoms with E-state index in [-0.39, 0.29) is 18.2 Å². The number of methoxy groups -OCH3 is 1. The molecule has 0 saturated carbocycles. The van der Waals surface area contributed by atoms with E-state index in [4.69, 9.17) is 35.5 Å². The molecule has 0 spiro atoms. The largest absolute Gasteiger partial charge is 0.485 e. The summed E-state index contributed by atoms with van der Waals surface area (Å²) in [6.07, 6.45) is 4.58. The molecule has 218 valence electrons. The van der Waals surface area contributed by atoms with Crippen molar-refractivity contribution in [2.45, 2.75) is 50.5 Å². The zero-order chi connectivity index (χ0) is 28.6. The number of ether oxygens (including phenoxy) is 4. The fourth-order valence-corrected chi connectivity index (χ4v) is 6.25. The molecule has 2 atom stereocenters. The van der Waals surface area contributed by atoms with E-state index >= 15 is 0 Å². The molecule has 5 heterocycles. The Morgan fingerprint density at radius 2 is 1.98 bits per heavy atom. The van der Waals surface area contributed by atoms with Crippen LogP contribution in [0.2, 0.25) is 5.02 Å². The quantitative estimate of drug-likeness (QED) is 0.260. The number of para-hydroxylation sites is 1. The number of likely N-dealkylation sites (tertiary alicyclic amines) is 1. The second-order valence-corrected chi connectivity index (χ2v) is 11.6. The summed E-state index contributed by atoms with van der Waals surface area (Å²) in [4.78, 5) is 24.1. The number of hydrogen-bond acceptors (Lipinski definition) is 8. The lowest BCUT2D eigenvalue weighted by Crippen LogP contribution is -2.35. The monoisotopic (exact) mass is 588 g/mol. The summed E-state index contributed by atoms with van der Waals surface area (Å²) >= 11 is 6.04. The third-order valence-electron chi connectivity index (χ3n) is 8.56. The highest BCUT2D eigenvalue weighted by molar-refractivity contribution is 6.30. The van der Waals surface area contributed by atoms with Crippen molar-refractivity contribution in [2.24, 2.45) is 0 Å². The summed E-state index contributed by atoms with van der Waals surface area (Å²) in [7, 11) is 1.40. The Bertz CT molecular complexity index is 1590. The molecule has 2 fully saturated rings. The number of nitrogens with zero attached hydrogens (tertiary/aromatic N) is 4. The number of esters is 1. The lowest BCUT2D eigenvalue weighted by Gasteiger charge is -2.35. The van der Waals surface area contributed by atoms with E-state index in [9.17, 15) is 4.79 Å². The molecule has 2 aromatic heterocycles. The lowest BCUT2D eigenvalue weighted by molar-refractivity contribution is -0.0592. The molecule has 9 nitrogen and oxygen atoms in total. The van der Waals surface area contributed by atoms with Crippen LogP contribution in [0.3, 0.4) is 0 Å². The molecule has 10 heteroatoms. The van der Waals surface area contributed by atoms with Crippen molar-refractivity contribution in [3.8, 4) is 11.5 Å². The molecule has 0 unspecified atom stereocenters. The Hall–Kier alpha value is -3.66. The predicted octanol–water partition coefficient (Wildman–Crippen LogP) is 5.55. The zero-order valence-electron chi connectivity index (χ0n) is 23.5. The van der Waals surface area contributed by atoms with Crippen molar-refractivity contribution in [2.75, 3.05) is 33.4 Å². The smallest absolute Gasteiger partial charge is 0.337 e. The summed E-state index contributed by atoms with van der Waals surface area (Å²) in [6.45, 7) is 4.55. The maximum atomic E-state index is 12.2. The molecule has 2 saturated heterocycles. The van der Waals surface area contributed by atoms with Crippen LogP contribution >= 0.6 is 11.6 Å². The van der Waals surface area contributed by atoms with Gasteiger partial charge in [0, 0.05) is 18.4 Å². The summed E-state index contributed by atoms with van der Waals surface area (Å²) in [6, 6.07) is 15.5. The van der Waals surface area contributed by atoms with E-state index in [1.54, 1.807) is 12.3 Å². The van der Waals surface area contributed by atoms with Crippen molar-refractivity contribution >= 4 is 28.6 Å². The van der Waals surface area contributed by atoms with E-state index in [0.29, 0.717) is 23.1 Å². The maximum Gasteiger partial charge on any atom is 0.337 e. The van der Waals surface area contributed by atoms with Crippen LogP contribution in [0.4, 0.5) is 0 Å². The van der Waals surface area contributed by atoms with Crippen molar-refractivity contribution < 1.29 is 23.7 Å². The molecule has 0 radical (unpaired) electrons. The number of hydrogen-bond donors (Lipinski definition) is 0. The van der Waals surface area contributed by atoms with E-state index in [1.165, 1.54) is 12.7 Å². The number of halogens is 1. The SMILES string of the molecule is COC(=O)c1ccc2nc(CN3CCC(c4cccc5c4O[C@@H](c4ccc(Cl)cn4)CO5)CC3)n(C[C@@H]3CCO3)c2c1. The molecular formula is C32H33ClN4O5. The highest BCUT2D eigenvalue weighted by atomic mass is 35.5. The number of rotatable bonds is 7. The van der Waals surface area contributed by atoms with Gasteiger partial charge in [0.1, 0.15) is 12.4 Å². The lowest BCUT2D eigenvalue weighted by atomic mass is 9.88. The fraction of sp³-hybridized carbons (Fsp3) is 0.406. The second-order valence-electron chi connectivity index (χ2n) is 11.2. The standard InChI is InChI=1S/C32H33ClN4O5/c1-39-32(38)21-5-7-25-27(15-21)37(17-23-11-14-40-23)30(35-25)18-36-12-9-20(10-13-36)24-3-2-4-28-31(24)42-29(19-41-28)26-8-6-22(33)16-34-26/h2-8,15-16,20,23,29H,9-14,17-19H2,1H3/t23-,29+/m0/s1. The summed E-state index contributed by atoms with van der Waals surface area (Å²) in [5, 5.41) is 0.598. The second kappa shape index (κ2) is 11.6. The first-order valence-corrected chi connectivity index (χ1v) is 14.9. The first-order valence-electron chi connectivity index (χ1n) is 14.5. The molecule has 0 aliphatic carbocycles. The van der Waals surface area contributed by atoms with Gasteiger partial charge in [0.15, 0.2) is 17.6 Å². The van der Waals surface area contributed by atoms with Crippen LogP contribution < -0.4 is 9.47 Å². The molecule has 4 aromatic rings. The number of carbonyl (C=O) groups excluding carboxylic acids is 1. The number of fused-ring (bicyclic) bond motifs is 2. The van der Waals surface area contributed by atoms with Gasteiger partial charge in [-0.3, -0.25) is 9.88 Å². The van der Waals surface area contributed by atoms with E-state index in [0.717, 1.165) is 86.1 Å². The molecule has 0 amide bonds. The van der Waals surface area contributed by atoms with Crippen molar-refractivity contribution in [1.29, 1.82) is 0 Å². The van der Waals surface area contributed by atoms with Crippen molar-refractivity contribution in [3.63, 3.8) is 0 Å². The minimum atomic E-state index is -0.346. The Balaban J connectivity index is 1.07. The molecule has 0 N–H and O–H groups in total. The van der Waals surface area contributed by atoms with Crippen LogP contribution in [0.1, 0.15) is 58.7 Å². The van der Waals surface area contributed by atoms with Crippen LogP contribution in [-0.4, -0.2) is 64.9 Å². The maximum absolute atomic E-state index is 12.2. The van der Waals surface area contributed by atoms with Gasteiger partial charge in [-0.05, 0) is 74.7 Å². The summed E-state index contributed by atoms with van der Waals surface area (Å²) in [5.74, 6) is 2.63. The minimum Gasteiger partial charge on any atom is -0.485 e. The number of carbonyl (C=O) groups is 1. The van der Waals surface area contributed by atoms with Gasteiger partial charge in [-0.1, -0.05) is 23.7 Å². The van der Waals surface area contributed by atoms with Crippen molar-refractivity contribution in [3.05, 3.63) is 82.4 Å². The first-order chi connectivity index (χ1) is 20.6.